The third-order valence-corrected chi connectivity index (χ3v) is 2.90. The lowest BCUT2D eigenvalue weighted by Gasteiger charge is -2.20. The Kier molecular flexibility index (Phi) is 5.37. The van der Waals surface area contributed by atoms with Crippen LogP contribution in [0.2, 0.25) is 0 Å². The van der Waals surface area contributed by atoms with E-state index in [-0.39, 0.29) is 17.2 Å². The number of hydrogen-bond donors (Lipinski definition) is 2. The fourth-order valence-corrected chi connectivity index (χ4v) is 1.81. The Morgan fingerprint density at radius 2 is 1.90 bits per heavy atom. The van der Waals surface area contributed by atoms with Gasteiger partial charge in [0.25, 0.3) is 5.91 Å². The number of nitrogens with two attached hydrogens (primary N) is 1. The molecule has 1 aromatic rings. The van der Waals surface area contributed by atoms with Gasteiger partial charge in [0.1, 0.15) is 6.04 Å². The summed E-state index contributed by atoms with van der Waals surface area (Å²) in [5.41, 5.74) is 6.39. The van der Waals surface area contributed by atoms with Crippen LogP contribution in [0, 0.1) is 5.92 Å². The Morgan fingerprint density at radius 3 is 2.40 bits per heavy atom. The number of nitrogens with one attached hydrogen (secondary N) is 1. The maximum Gasteiger partial charge on any atom is 0.328 e. The summed E-state index contributed by atoms with van der Waals surface area (Å²) in [6.07, 6.45) is 0. The van der Waals surface area contributed by atoms with Gasteiger partial charge in [0.2, 0.25) is 0 Å². The van der Waals surface area contributed by atoms with Crippen molar-refractivity contribution in [1.29, 1.82) is 0 Å². The van der Waals surface area contributed by atoms with E-state index in [1.165, 1.54) is 14.2 Å². The number of hydrogen-bond acceptors (Lipinski definition) is 5. The highest BCUT2D eigenvalue weighted by molar-refractivity contribution is 6.00. The number of ether oxygens (including phenoxy) is 2. The number of benzene rings is 1. The molecule has 6 heteroatoms. The zero-order valence-corrected chi connectivity index (χ0v) is 12.1. The number of para-hydroxylation sites is 1. The topological polar surface area (TPSA) is 90.7 Å². The number of carbonyl (C=O) groups excluding carboxylic acids is 2. The van der Waals surface area contributed by atoms with Crippen LogP contribution in [0.25, 0.3) is 0 Å². The van der Waals surface area contributed by atoms with Crippen molar-refractivity contribution in [3.63, 3.8) is 0 Å². The van der Waals surface area contributed by atoms with E-state index in [9.17, 15) is 9.59 Å². The van der Waals surface area contributed by atoms with Crippen molar-refractivity contribution < 1.29 is 19.1 Å². The first-order valence-electron chi connectivity index (χ1n) is 6.23. The molecular formula is C14H20N2O4. The zero-order chi connectivity index (χ0) is 15.3. The van der Waals surface area contributed by atoms with Crippen molar-refractivity contribution in [2.45, 2.75) is 19.9 Å². The lowest BCUT2D eigenvalue weighted by Crippen LogP contribution is -2.45. The molecule has 0 aliphatic carbocycles. The quantitative estimate of drug-likeness (QED) is 0.625. The average molecular weight is 280 g/mol. The van der Waals surface area contributed by atoms with Crippen molar-refractivity contribution >= 4 is 17.6 Å². The molecule has 0 fully saturated rings. The Hall–Kier alpha value is -2.24. The van der Waals surface area contributed by atoms with Crippen LogP contribution in [0.5, 0.6) is 5.75 Å². The molecule has 0 bridgehead atoms. The Bertz CT molecular complexity index is 500. The summed E-state index contributed by atoms with van der Waals surface area (Å²) in [5.74, 6) is -0.731. The SMILES string of the molecule is COC(=O)C(NC(=O)c1cccc(N)c1OC)C(C)C. The highest BCUT2D eigenvalue weighted by Crippen LogP contribution is 2.25. The van der Waals surface area contributed by atoms with Crippen molar-refractivity contribution in [2.75, 3.05) is 20.0 Å². The van der Waals surface area contributed by atoms with Crippen LogP contribution in [0.1, 0.15) is 24.2 Å². The molecule has 0 saturated heterocycles. The van der Waals surface area contributed by atoms with E-state index in [0.717, 1.165) is 0 Å². The zero-order valence-electron chi connectivity index (χ0n) is 12.1. The number of amides is 1. The summed E-state index contributed by atoms with van der Waals surface area (Å²) in [7, 11) is 2.72. The first-order chi connectivity index (χ1) is 9.42. The minimum absolute atomic E-state index is 0.0987. The molecule has 1 aromatic carbocycles. The molecular weight excluding hydrogens is 260 g/mol. The molecule has 0 radical (unpaired) electrons. The van der Waals surface area contributed by atoms with E-state index in [1.54, 1.807) is 18.2 Å². The van der Waals surface area contributed by atoms with Crippen LogP contribution >= 0.6 is 0 Å². The second-order valence-corrected chi connectivity index (χ2v) is 4.65. The van der Waals surface area contributed by atoms with Crippen LogP contribution in [0.4, 0.5) is 5.69 Å². The number of carbonyl (C=O) groups is 2. The van der Waals surface area contributed by atoms with Crippen LogP contribution in [-0.4, -0.2) is 32.1 Å². The standard InChI is InChI=1S/C14H20N2O4/c1-8(2)11(14(18)20-4)16-13(17)9-6-5-7-10(15)12(9)19-3/h5-8,11H,15H2,1-4H3,(H,16,17). The first kappa shape index (κ1) is 15.8. The summed E-state index contributed by atoms with van der Waals surface area (Å²) >= 11 is 0. The lowest BCUT2D eigenvalue weighted by molar-refractivity contribution is -0.144. The fraction of sp³-hybridized carbons (Fsp3) is 0.429. The molecule has 6 nitrogen and oxygen atoms in total. The van der Waals surface area contributed by atoms with E-state index in [0.29, 0.717) is 5.69 Å². The predicted octanol–water partition coefficient (Wildman–Crippen LogP) is 1.20. The average Bonchev–Trinajstić information content (AvgIpc) is 2.42. The molecule has 1 rings (SSSR count). The summed E-state index contributed by atoms with van der Waals surface area (Å²) in [6, 6.07) is 4.14. The van der Waals surface area contributed by atoms with Gasteiger partial charge in [-0.1, -0.05) is 19.9 Å². The van der Waals surface area contributed by atoms with E-state index in [4.69, 9.17) is 10.5 Å². The Balaban J connectivity index is 3.01. The van der Waals surface area contributed by atoms with Crippen molar-refractivity contribution in [3.05, 3.63) is 23.8 Å². The third-order valence-electron chi connectivity index (χ3n) is 2.90. The third kappa shape index (κ3) is 3.40. The molecule has 0 spiro atoms. The number of rotatable bonds is 5. The van der Waals surface area contributed by atoms with Crippen LogP contribution in [0.3, 0.4) is 0 Å². The van der Waals surface area contributed by atoms with E-state index in [1.807, 2.05) is 13.8 Å². The molecule has 20 heavy (non-hydrogen) atoms. The van der Waals surface area contributed by atoms with Gasteiger partial charge >= 0.3 is 5.97 Å². The molecule has 0 aromatic heterocycles. The minimum atomic E-state index is -0.723. The van der Waals surface area contributed by atoms with Crippen molar-refractivity contribution in [3.8, 4) is 5.75 Å². The highest BCUT2D eigenvalue weighted by Gasteiger charge is 2.26. The second-order valence-electron chi connectivity index (χ2n) is 4.65. The molecule has 1 amide bonds. The largest absolute Gasteiger partial charge is 0.494 e. The number of esters is 1. The van der Waals surface area contributed by atoms with Crippen molar-refractivity contribution in [1.82, 2.24) is 5.32 Å². The summed E-state index contributed by atoms with van der Waals surface area (Å²) in [5, 5.41) is 2.64. The van der Waals surface area contributed by atoms with Gasteiger partial charge in [0.15, 0.2) is 5.75 Å². The van der Waals surface area contributed by atoms with Gasteiger partial charge in [-0.05, 0) is 18.1 Å². The molecule has 110 valence electrons. The van der Waals surface area contributed by atoms with Crippen LogP contribution < -0.4 is 15.8 Å². The molecule has 0 heterocycles. The number of anilines is 1. The predicted molar refractivity (Wildman–Crippen MR) is 75.5 cm³/mol. The van der Waals surface area contributed by atoms with Gasteiger partial charge in [-0.2, -0.15) is 0 Å². The lowest BCUT2D eigenvalue weighted by atomic mass is 10.0. The van der Waals surface area contributed by atoms with Gasteiger partial charge in [-0.15, -0.1) is 0 Å². The molecule has 1 atom stereocenters. The monoisotopic (exact) mass is 280 g/mol. The highest BCUT2D eigenvalue weighted by atomic mass is 16.5. The molecule has 0 aliphatic rings. The number of methoxy groups -OCH3 is 2. The van der Waals surface area contributed by atoms with Gasteiger partial charge in [0.05, 0.1) is 25.5 Å². The van der Waals surface area contributed by atoms with Crippen molar-refractivity contribution in [2.24, 2.45) is 5.92 Å². The van der Waals surface area contributed by atoms with E-state index in [2.05, 4.69) is 10.1 Å². The smallest absolute Gasteiger partial charge is 0.328 e. The number of nitrogen functional groups attached to an aromatic ring is 1. The van der Waals surface area contributed by atoms with Crippen LogP contribution in [0.15, 0.2) is 18.2 Å². The summed E-state index contributed by atoms with van der Waals surface area (Å²) < 4.78 is 9.81. The van der Waals surface area contributed by atoms with Gasteiger partial charge in [-0.3, -0.25) is 4.79 Å². The van der Waals surface area contributed by atoms with E-state index >= 15 is 0 Å². The van der Waals surface area contributed by atoms with Gasteiger partial charge in [0, 0.05) is 0 Å². The molecule has 0 saturated carbocycles. The fourth-order valence-electron chi connectivity index (χ4n) is 1.81. The molecule has 0 aliphatic heterocycles. The summed E-state index contributed by atoms with van der Waals surface area (Å²) in [6.45, 7) is 3.64. The maximum absolute atomic E-state index is 12.3. The molecule has 3 N–H and O–H groups in total. The Morgan fingerprint density at radius 1 is 1.25 bits per heavy atom. The summed E-state index contributed by atoms with van der Waals surface area (Å²) in [4.78, 5) is 23.9. The second kappa shape index (κ2) is 6.79. The van der Waals surface area contributed by atoms with Crippen LogP contribution in [-0.2, 0) is 9.53 Å². The Labute approximate surface area is 118 Å². The molecule has 1 unspecified atom stereocenters. The van der Waals surface area contributed by atoms with Gasteiger partial charge in [-0.25, -0.2) is 4.79 Å². The first-order valence-corrected chi connectivity index (χ1v) is 6.23. The van der Waals surface area contributed by atoms with E-state index < -0.39 is 17.9 Å². The normalized spacial score (nSPS) is 11.8. The minimum Gasteiger partial charge on any atom is -0.494 e. The van der Waals surface area contributed by atoms with Gasteiger partial charge < -0.3 is 20.5 Å². The maximum atomic E-state index is 12.3.